The number of aliphatic hydroxyl groups is 1. The number of hydrogen-bond acceptors (Lipinski definition) is 4. The SMILES string of the molecule is O=c1c2ccc(Cl)cc2ncn1C[C@@H](O)COCc1ccc(Cl)cc1. The molecule has 130 valence electrons. The molecular formula is C18H16Cl2N2O3. The standard InChI is InChI=1S/C18H16Cl2N2O3/c19-13-3-1-12(2-4-13)9-25-10-15(23)8-22-11-21-17-7-14(20)5-6-16(17)18(22)24/h1-7,11,15,23H,8-10H2/t15-/m1/s1. The van der Waals surface area contributed by atoms with E-state index in [1.807, 2.05) is 12.1 Å². The van der Waals surface area contributed by atoms with Gasteiger partial charge in [-0.2, -0.15) is 0 Å². The highest BCUT2D eigenvalue weighted by Crippen LogP contribution is 2.14. The Morgan fingerprint density at radius 3 is 2.60 bits per heavy atom. The molecule has 0 aliphatic carbocycles. The fourth-order valence-corrected chi connectivity index (χ4v) is 2.73. The van der Waals surface area contributed by atoms with Crippen LogP contribution in [0.1, 0.15) is 5.56 Å². The molecule has 2 aromatic carbocycles. The van der Waals surface area contributed by atoms with Gasteiger partial charge in [-0.1, -0.05) is 35.3 Å². The minimum atomic E-state index is -0.823. The first-order valence-corrected chi connectivity index (χ1v) is 8.43. The first-order valence-electron chi connectivity index (χ1n) is 7.68. The Balaban J connectivity index is 1.61. The van der Waals surface area contributed by atoms with Crippen LogP contribution in [0.15, 0.2) is 53.6 Å². The van der Waals surface area contributed by atoms with Gasteiger partial charge in [0, 0.05) is 10.0 Å². The lowest BCUT2D eigenvalue weighted by Gasteiger charge is -2.13. The molecule has 3 rings (SSSR count). The third-order valence-electron chi connectivity index (χ3n) is 3.69. The van der Waals surface area contributed by atoms with Gasteiger partial charge >= 0.3 is 0 Å². The fourth-order valence-electron chi connectivity index (χ4n) is 2.43. The predicted octanol–water partition coefficient (Wildman–Crippen LogP) is 3.28. The third kappa shape index (κ3) is 4.58. The summed E-state index contributed by atoms with van der Waals surface area (Å²) in [4.78, 5) is 16.6. The van der Waals surface area contributed by atoms with E-state index in [1.54, 1.807) is 30.3 Å². The van der Waals surface area contributed by atoms with Crippen molar-refractivity contribution in [2.75, 3.05) is 6.61 Å². The van der Waals surface area contributed by atoms with Crippen LogP contribution in [0.3, 0.4) is 0 Å². The van der Waals surface area contributed by atoms with Crippen molar-refractivity contribution in [3.63, 3.8) is 0 Å². The second-order valence-electron chi connectivity index (χ2n) is 5.66. The van der Waals surface area contributed by atoms with Crippen LogP contribution in [-0.2, 0) is 17.9 Å². The first kappa shape index (κ1) is 17.9. The average Bonchev–Trinajstić information content (AvgIpc) is 2.59. The van der Waals surface area contributed by atoms with Crippen molar-refractivity contribution in [1.82, 2.24) is 9.55 Å². The Labute approximate surface area is 154 Å². The van der Waals surface area contributed by atoms with E-state index in [0.717, 1.165) is 5.56 Å². The molecule has 0 aliphatic heterocycles. The van der Waals surface area contributed by atoms with Crippen molar-refractivity contribution in [2.24, 2.45) is 0 Å². The number of aliphatic hydroxyl groups excluding tert-OH is 1. The smallest absolute Gasteiger partial charge is 0.261 e. The van der Waals surface area contributed by atoms with Crippen molar-refractivity contribution in [2.45, 2.75) is 19.3 Å². The van der Waals surface area contributed by atoms with E-state index in [9.17, 15) is 9.90 Å². The number of fused-ring (bicyclic) bond motifs is 1. The molecular weight excluding hydrogens is 363 g/mol. The van der Waals surface area contributed by atoms with Gasteiger partial charge in [-0.3, -0.25) is 9.36 Å². The monoisotopic (exact) mass is 378 g/mol. The quantitative estimate of drug-likeness (QED) is 0.714. The fraction of sp³-hybridized carbons (Fsp3) is 0.222. The normalized spacial score (nSPS) is 12.4. The minimum Gasteiger partial charge on any atom is -0.389 e. The summed E-state index contributed by atoms with van der Waals surface area (Å²) in [5.74, 6) is 0. The Hall–Kier alpha value is -1.92. The van der Waals surface area contributed by atoms with Crippen LogP contribution in [0.5, 0.6) is 0 Å². The van der Waals surface area contributed by atoms with Gasteiger partial charge in [0.15, 0.2) is 0 Å². The van der Waals surface area contributed by atoms with Crippen molar-refractivity contribution in [3.8, 4) is 0 Å². The minimum absolute atomic E-state index is 0.102. The molecule has 3 aromatic rings. The van der Waals surface area contributed by atoms with Gasteiger partial charge in [0.2, 0.25) is 0 Å². The number of hydrogen-bond donors (Lipinski definition) is 1. The highest BCUT2D eigenvalue weighted by Gasteiger charge is 2.10. The van der Waals surface area contributed by atoms with Crippen LogP contribution in [0.4, 0.5) is 0 Å². The Morgan fingerprint density at radius 1 is 1.12 bits per heavy atom. The summed E-state index contributed by atoms with van der Waals surface area (Å²) in [6.45, 7) is 0.566. The van der Waals surface area contributed by atoms with Crippen LogP contribution < -0.4 is 5.56 Å². The van der Waals surface area contributed by atoms with Crippen molar-refractivity contribution >= 4 is 34.1 Å². The molecule has 1 heterocycles. The third-order valence-corrected chi connectivity index (χ3v) is 4.17. The molecule has 7 heteroatoms. The second-order valence-corrected chi connectivity index (χ2v) is 6.53. The first-order chi connectivity index (χ1) is 12.0. The summed E-state index contributed by atoms with van der Waals surface area (Å²) in [6.07, 6.45) is 0.584. The maximum atomic E-state index is 12.4. The van der Waals surface area contributed by atoms with E-state index in [1.165, 1.54) is 10.9 Å². The van der Waals surface area contributed by atoms with Crippen molar-refractivity contribution < 1.29 is 9.84 Å². The van der Waals surface area contributed by atoms with Crippen molar-refractivity contribution in [3.05, 3.63) is 74.8 Å². The van der Waals surface area contributed by atoms with Gasteiger partial charge in [-0.15, -0.1) is 0 Å². The number of rotatable bonds is 6. The maximum absolute atomic E-state index is 12.4. The topological polar surface area (TPSA) is 64.4 Å². The molecule has 1 N–H and O–H groups in total. The molecule has 0 spiro atoms. The van der Waals surface area contributed by atoms with Gasteiger partial charge in [0.05, 0.1) is 43.1 Å². The molecule has 0 amide bonds. The molecule has 1 aromatic heterocycles. The number of nitrogens with zero attached hydrogens (tertiary/aromatic N) is 2. The van der Waals surface area contributed by atoms with Crippen LogP contribution in [0.25, 0.3) is 10.9 Å². The highest BCUT2D eigenvalue weighted by atomic mass is 35.5. The number of halogens is 2. The van der Waals surface area contributed by atoms with E-state index >= 15 is 0 Å². The molecule has 0 unspecified atom stereocenters. The number of ether oxygens (including phenoxy) is 1. The zero-order valence-corrected chi connectivity index (χ0v) is 14.7. The molecule has 0 saturated carbocycles. The summed E-state index contributed by atoms with van der Waals surface area (Å²) >= 11 is 11.7. The molecule has 0 aliphatic rings. The van der Waals surface area contributed by atoms with Crippen molar-refractivity contribution in [1.29, 1.82) is 0 Å². The van der Waals surface area contributed by atoms with Crippen LogP contribution in [-0.4, -0.2) is 27.4 Å². The Morgan fingerprint density at radius 2 is 1.84 bits per heavy atom. The summed E-state index contributed by atoms with van der Waals surface area (Å²) in [7, 11) is 0. The van der Waals surface area contributed by atoms with Crippen LogP contribution >= 0.6 is 23.2 Å². The van der Waals surface area contributed by atoms with E-state index in [2.05, 4.69) is 4.98 Å². The van der Waals surface area contributed by atoms with E-state index in [0.29, 0.717) is 27.6 Å². The molecule has 1 atom stereocenters. The zero-order valence-electron chi connectivity index (χ0n) is 13.2. The van der Waals surface area contributed by atoms with Gasteiger partial charge in [-0.05, 0) is 35.9 Å². The van der Waals surface area contributed by atoms with Crippen LogP contribution in [0.2, 0.25) is 10.0 Å². The summed E-state index contributed by atoms with van der Waals surface area (Å²) in [5.41, 5.74) is 1.26. The molecule has 5 nitrogen and oxygen atoms in total. The highest BCUT2D eigenvalue weighted by molar-refractivity contribution is 6.31. The molecule has 25 heavy (non-hydrogen) atoms. The van der Waals surface area contributed by atoms with E-state index in [-0.39, 0.29) is 18.7 Å². The zero-order chi connectivity index (χ0) is 17.8. The van der Waals surface area contributed by atoms with Gasteiger partial charge in [0.25, 0.3) is 5.56 Å². The maximum Gasteiger partial charge on any atom is 0.261 e. The Kier molecular flexibility index (Phi) is 5.71. The summed E-state index contributed by atoms with van der Waals surface area (Å²) in [6, 6.07) is 12.2. The van der Waals surface area contributed by atoms with E-state index < -0.39 is 6.10 Å². The molecule has 0 bridgehead atoms. The summed E-state index contributed by atoms with van der Waals surface area (Å²) in [5, 5.41) is 11.8. The lowest BCUT2D eigenvalue weighted by molar-refractivity contribution is 0.0198. The summed E-state index contributed by atoms with van der Waals surface area (Å²) < 4.78 is 6.86. The lowest BCUT2D eigenvalue weighted by atomic mass is 10.2. The molecule has 0 fully saturated rings. The second kappa shape index (κ2) is 7.97. The Bertz CT molecular complexity index is 926. The number of benzene rings is 2. The van der Waals surface area contributed by atoms with Gasteiger partial charge < -0.3 is 9.84 Å². The molecule has 0 radical (unpaired) electrons. The van der Waals surface area contributed by atoms with Gasteiger partial charge in [-0.25, -0.2) is 4.98 Å². The van der Waals surface area contributed by atoms with E-state index in [4.69, 9.17) is 27.9 Å². The average molecular weight is 379 g/mol. The van der Waals surface area contributed by atoms with Crippen LogP contribution in [0, 0.1) is 0 Å². The largest absolute Gasteiger partial charge is 0.389 e. The number of aromatic nitrogens is 2. The van der Waals surface area contributed by atoms with Gasteiger partial charge in [0.1, 0.15) is 0 Å². The molecule has 0 saturated heterocycles. The lowest BCUT2D eigenvalue weighted by Crippen LogP contribution is -2.29. The predicted molar refractivity (Wildman–Crippen MR) is 98.1 cm³/mol.